The van der Waals surface area contributed by atoms with Gasteiger partial charge in [0.25, 0.3) is 10.0 Å². The number of rotatable bonds is 9. The molecule has 0 fully saturated rings. The third-order valence-corrected chi connectivity index (χ3v) is 5.82. The summed E-state index contributed by atoms with van der Waals surface area (Å²) in [5.41, 5.74) is 0.313. The molecule has 0 radical (unpaired) electrons. The number of hydrogen-bond acceptors (Lipinski definition) is 5. The Kier molecular flexibility index (Phi) is 6.44. The first kappa shape index (κ1) is 19.3. The second-order valence-electron chi connectivity index (χ2n) is 5.54. The average Bonchev–Trinajstić information content (AvgIpc) is 2.86. The molecule has 1 aromatic carbocycles. The minimum Gasteiger partial charge on any atom is -0.494 e. The summed E-state index contributed by atoms with van der Waals surface area (Å²) in [7, 11) is -3.79. The molecule has 2 N–H and O–H groups in total. The number of unbranched alkanes of at least 4 members (excludes halogenated alkanes) is 1. The van der Waals surface area contributed by atoms with Crippen LogP contribution in [0.1, 0.15) is 29.5 Å². The number of sulfonamides is 1. The molecular formula is C17H21NO5S2. The van der Waals surface area contributed by atoms with E-state index in [0.29, 0.717) is 22.9 Å². The number of nitrogens with one attached hydrogen (secondary N) is 1. The van der Waals surface area contributed by atoms with Gasteiger partial charge in [-0.15, -0.1) is 11.3 Å². The van der Waals surface area contributed by atoms with Crippen molar-refractivity contribution in [3.63, 3.8) is 0 Å². The number of aliphatic carboxylic acids is 1. The van der Waals surface area contributed by atoms with E-state index in [9.17, 15) is 13.2 Å². The van der Waals surface area contributed by atoms with Crippen molar-refractivity contribution in [2.24, 2.45) is 0 Å². The standard InChI is InChI=1S/C17H21NO5S2/c1-3-4-9-23-13-5-7-14(8-6-13)25(21,22)18-15-10-12(2)24-16(15)11-17(19)20/h5-8,10,18H,3-4,9,11H2,1-2H3,(H,19,20). The zero-order chi connectivity index (χ0) is 18.4. The van der Waals surface area contributed by atoms with Crippen LogP contribution in [0.5, 0.6) is 5.75 Å². The van der Waals surface area contributed by atoms with E-state index < -0.39 is 16.0 Å². The molecule has 2 aromatic rings. The Morgan fingerprint density at radius 1 is 1.28 bits per heavy atom. The number of aryl methyl sites for hydroxylation is 1. The lowest BCUT2D eigenvalue weighted by Crippen LogP contribution is -2.14. The first-order valence-corrected chi connectivity index (χ1v) is 10.2. The normalized spacial score (nSPS) is 11.3. The highest BCUT2D eigenvalue weighted by Crippen LogP contribution is 2.29. The van der Waals surface area contributed by atoms with Crippen LogP contribution in [0, 0.1) is 6.92 Å². The molecule has 6 nitrogen and oxygen atoms in total. The maximum absolute atomic E-state index is 12.5. The number of anilines is 1. The van der Waals surface area contributed by atoms with Crippen LogP contribution in [0.4, 0.5) is 5.69 Å². The predicted octanol–water partition coefficient (Wildman–Crippen LogP) is 3.66. The zero-order valence-electron chi connectivity index (χ0n) is 14.1. The van der Waals surface area contributed by atoms with Gasteiger partial charge in [0.05, 0.1) is 23.6 Å². The van der Waals surface area contributed by atoms with Crippen LogP contribution in [0.15, 0.2) is 35.2 Å². The first-order valence-electron chi connectivity index (χ1n) is 7.88. The summed E-state index contributed by atoms with van der Waals surface area (Å²) in [4.78, 5) is 12.3. The third-order valence-electron chi connectivity index (χ3n) is 3.39. The minimum absolute atomic E-state index is 0.0977. The lowest BCUT2D eigenvalue weighted by atomic mass is 10.3. The van der Waals surface area contributed by atoms with Gasteiger partial charge in [-0.25, -0.2) is 8.42 Å². The summed E-state index contributed by atoms with van der Waals surface area (Å²) >= 11 is 1.26. The van der Waals surface area contributed by atoms with Gasteiger partial charge in [0, 0.05) is 9.75 Å². The molecule has 2 rings (SSSR count). The van der Waals surface area contributed by atoms with Crippen LogP contribution in [-0.4, -0.2) is 26.1 Å². The first-order chi connectivity index (χ1) is 11.8. The molecule has 136 valence electrons. The molecule has 25 heavy (non-hydrogen) atoms. The zero-order valence-corrected chi connectivity index (χ0v) is 15.7. The van der Waals surface area contributed by atoms with E-state index in [4.69, 9.17) is 9.84 Å². The number of carboxylic acid groups (broad SMARTS) is 1. The molecule has 0 aliphatic heterocycles. The van der Waals surface area contributed by atoms with Crippen molar-refractivity contribution in [2.75, 3.05) is 11.3 Å². The van der Waals surface area contributed by atoms with Crippen LogP contribution < -0.4 is 9.46 Å². The molecule has 0 amide bonds. The fourth-order valence-corrected chi connectivity index (χ4v) is 4.30. The lowest BCUT2D eigenvalue weighted by molar-refractivity contribution is -0.136. The molecule has 0 unspecified atom stereocenters. The Morgan fingerprint density at radius 3 is 2.56 bits per heavy atom. The Hall–Kier alpha value is -2.06. The van der Waals surface area contributed by atoms with E-state index in [2.05, 4.69) is 11.6 Å². The molecule has 0 bridgehead atoms. The van der Waals surface area contributed by atoms with Gasteiger partial charge in [-0.3, -0.25) is 9.52 Å². The number of thiophene rings is 1. The fraction of sp³-hybridized carbons (Fsp3) is 0.353. The molecule has 8 heteroatoms. The summed E-state index contributed by atoms with van der Waals surface area (Å²) in [6.45, 7) is 4.46. The molecule has 0 saturated heterocycles. The number of benzene rings is 1. The van der Waals surface area contributed by atoms with Gasteiger partial charge in [-0.05, 0) is 43.7 Å². The number of ether oxygens (including phenoxy) is 1. The molecule has 0 aliphatic rings. The second-order valence-corrected chi connectivity index (χ2v) is 8.57. The highest BCUT2D eigenvalue weighted by molar-refractivity contribution is 7.92. The quantitative estimate of drug-likeness (QED) is 0.645. The van der Waals surface area contributed by atoms with Crippen LogP contribution in [0.3, 0.4) is 0 Å². The average molecular weight is 383 g/mol. The second kappa shape index (κ2) is 8.35. The van der Waals surface area contributed by atoms with E-state index >= 15 is 0 Å². The largest absolute Gasteiger partial charge is 0.494 e. The fourth-order valence-electron chi connectivity index (χ4n) is 2.17. The van der Waals surface area contributed by atoms with Crippen molar-refractivity contribution in [1.29, 1.82) is 0 Å². The summed E-state index contributed by atoms with van der Waals surface area (Å²) < 4.78 is 33.1. The van der Waals surface area contributed by atoms with E-state index in [1.54, 1.807) is 25.1 Å². The SMILES string of the molecule is CCCCOc1ccc(S(=O)(=O)Nc2cc(C)sc2CC(=O)O)cc1. The summed E-state index contributed by atoms with van der Waals surface area (Å²) in [6.07, 6.45) is 1.74. The van der Waals surface area contributed by atoms with Gasteiger partial charge in [0.1, 0.15) is 5.75 Å². The number of hydrogen-bond donors (Lipinski definition) is 2. The molecule has 0 spiro atoms. The van der Waals surface area contributed by atoms with Crippen molar-refractivity contribution in [1.82, 2.24) is 0 Å². The number of carboxylic acids is 1. The number of carbonyl (C=O) groups is 1. The highest BCUT2D eigenvalue weighted by Gasteiger charge is 2.19. The molecule has 1 heterocycles. The molecule has 0 saturated carbocycles. The van der Waals surface area contributed by atoms with Crippen molar-refractivity contribution in [3.8, 4) is 5.75 Å². The highest BCUT2D eigenvalue weighted by atomic mass is 32.2. The van der Waals surface area contributed by atoms with E-state index in [1.165, 1.54) is 23.5 Å². The summed E-state index contributed by atoms with van der Waals surface area (Å²) in [5, 5.41) is 8.95. The van der Waals surface area contributed by atoms with E-state index in [0.717, 1.165) is 17.7 Å². The summed E-state index contributed by atoms with van der Waals surface area (Å²) in [5.74, 6) is -0.388. The Labute approximate surface area is 151 Å². The van der Waals surface area contributed by atoms with Crippen molar-refractivity contribution in [3.05, 3.63) is 40.1 Å². The van der Waals surface area contributed by atoms with Crippen molar-refractivity contribution >= 4 is 33.0 Å². The monoisotopic (exact) mass is 383 g/mol. The predicted molar refractivity (Wildman–Crippen MR) is 98.0 cm³/mol. The molecule has 0 atom stereocenters. The van der Waals surface area contributed by atoms with E-state index in [-0.39, 0.29) is 11.3 Å². The molecule has 1 aromatic heterocycles. The Bertz CT molecular complexity index is 825. The Balaban J connectivity index is 2.15. The van der Waals surface area contributed by atoms with Gasteiger partial charge < -0.3 is 9.84 Å². The van der Waals surface area contributed by atoms with E-state index in [1.807, 2.05) is 0 Å². The van der Waals surface area contributed by atoms with Crippen LogP contribution in [0.2, 0.25) is 0 Å². The van der Waals surface area contributed by atoms with Crippen LogP contribution in [-0.2, 0) is 21.2 Å². The Morgan fingerprint density at radius 2 is 1.96 bits per heavy atom. The van der Waals surface area contributed by atoms with Gasteiger partial charge in [0.2, 0.25) is 0 Å². The lowest BCUT2D eigenvalue weighted by Gasteiger charge is -2.10. The smallest absolute Gasteiger partial charge is 0.308 e. The maximum atomic E-state index is 12.5. The summed E-state index contributed by atoms with van der Waals surface area (Å²) in [6, 6.07) is 7.81. The van der Waals surface area contributed by atoms with Gasteiger partial charge in [-0.1, -0.05) is 13.3 Å². The van der Waals surface area contributed by atoms with Crippen molar-refractivity contribution < 1.29 is 23.1 Å². The van der Waals surface area contributed by atoms with Crippen LogP contribution in [0.25, 0.3) is 0 Å². The van der Waals surface area contributed by atoms with Crippen LogP contribution >= 0.6 is 11.3 Å². The minimum atomic E-state index is -3.79. The third kappa shape index (κ3) is 5.47. The topological polar surface area (TPSA) is 92.7 Å². The molecule has 0 aliphatic carbocycles. The van der Waals surface area contributed by atoms with Gasteiger partial charge in [-0.2, -0.15) is 0 Å². The molecular weight excluding hydrogens is 362 g/mol. The van der Waals surface area contributed by atoms with Gasteiger partial charge >= 0.3 is 5.97 Å². The maximum Gasteiger partial charge on any atom is 0.308 e. The van der Waals surface area contributed by atoms with Gasteiger partial charge in [0.15, 0.2) is 0 Å². The van der Waals surface area contributed by atoms with Crippen molar-refractivity contribution in [2.45, 2.75) is 38.0 Å².